The molecular formula is C35H39BrN8O4. The fraction of sp³-hybridized carbons (Fsp3) is 0.400. The lowest BCUT2D eigenvalue weighted by molar-refractivity contribution is -0.141. The molecule has 2 amide bonds. The number of ether oxygens (including phenoxy) is 1. The van der Waals surface area contributed by atoms with E-state index in [0.29, 0.717) is 53.8 Å². The van der Waals surface area contributed by atoms with Gasteiger partial charge in [0, 0.05) is 55.0 Å². The molecule has 3 aliphatic rings. The second-order valence-corrected chi connectivity index (χ2v) is 13.5. The Morgan fingerprint density at radius 2 is 1.92 bits per heavy atom. The van der Waals surface area contributed by atoms with Crippen molar-refractivity contribution in [2.24, 2.45) is 10.4 Å². The summed E-state index contributed by atoms with van der Waals surface area (Å²) in [4.78, 5) is 57.8. The number of aryl methyl sites for hydroxylation is 2. The molecule has 3 aromatic rings. The predicted molar refractivity (Wildman–Crippen MR) is 186 cm³/mol. The number of fused-ring (bicyclic) bond motifs is 2. The van der Waals surface area contributed by atoms with E-state index < -0.39 is 12.3 Å². The minimum Gasteiger partial charge on any atom is -0.377 e. The number of halogens is 1. The van der Waals surface area contributed by atoms with E-state index in [1.807, 2.05) is 38.4 Å². The van der Waals surface area contributed by atoms with Crippen LogP contribution in [0.5, 0.6) is 0 Å². The third kappa shape index (κ3) is 6.48. The van der Waals surface area contributed by atoms with Crippen molar-refractivity contribution >= 4 is 49.1 Å². The van der Waals surface area contributed by atoms with E-state index in [9.17, 15) is 14.4 Å². The van der Waals surface area contributed by atoms with Crippen LogP contribution >= 0.6 is 15.9 Å². The lowest BCUT2D eigenvalue weighted by Crippen LogP contribution is -2.53. The van der Waals surface area contributed by atoms with E-state index in [-0.39, 0.29) is 41.3 Å². The van der Waals surface area contributed by atoms with Gasteiger partial charge in [-0.25, -0.2) is 15.0 Å². The lowest BCUT2D eigenvalue weighted by atomic mass is 9.97. The first-order valence-corrected chi connectivity index (χ1v) is 16.7. The van der Waals surface area contributed by atoms with Gasteiger partial charge in [0.1, 0.15) is 28.7 Å². The summed E-state index contributed by atoms with van der Waals surface area (Å²) in [5, 5.41) is 8.36. The number of ketones is 1. The van der Waals surface area contributed by atoms with Crippen LogP contribution in [0.4, 0.5) is 0 Å². The maximum absolute atomic E-state index is 14.4. The Hall–Kier alpha value is -4.49. The quantitative estimate of drug-likeness (QED) is 0.157. The maximum Gasteiger partial charge on any atom is 0.245 e. The van der Waals surface area contributed by atoms with Gasteiger partial charge < -0.3 is 19.9 Å². The Bertz CT molecular complexity index is 1850. The predicted octanol–water partition coefficient (Wildman–Crippen LogP) is 4.34. The molecule has 1 saturated heterocycles. The number of piperidine rings is 1. The van der Waals surface area contributed by atoms with Crippen molar-refractivity contribution in [3.8, 4) is 11.1 Å². The van der Waals surface area contributed by atoms with Gasteiger partial charge in [0.05, 0.1) is 18.7 Å². The monoisotopic (exact) mass is 714 g/mol. The van der Waals surface area contributed by atoms with Crippen LogP contribution in [0.2, 0.25) is 0 Å². The number of allylic oxidation sites excluding steroid dienone is 2. The number of amides is 2. The first kappa shape index (κ1) is 33.4. The molecule has 2 fully saturated rings. The number of benzene rings is 1. The normalized spacial score (nSPS) is 22.8. The second kappa shape index (κ2) is 13.6. The summed E-state index contributed by atoms with van der Waals surface area (Å²) in [7, 11) is 1.82. The van der Waals surface area contributed by atoms with E-state index in [4.69, 9.17) is 9.84 Å². The van der Waals surface area contributed by atoms with Crippen LogP contribution in [0.3, 0.4) is 0 Å². The molecule has 6 rings (SSSR count). The molecule has 0 radical (unpaired) electrons. The fourth-order valence-corrected chi connectivity index (χ4v) is 7.09. The number of nitrogens with zero attached hydrogens (tertiary/aromatic N) is 7. The summed E-state index contributed by atoms with van der Waals surface area (Å²) in [5.41, 5.74) is 3.25. The van der Waals surface area contributed by atoms with Crippen LogP contribution in [0.15, 0.2) is 67.1 Å². The molecule has 48 heavy (non-hydrogen) atoms. The maximum atomic E-state index is 14.4. The number of likely N-dealkylation sites (tertiary alicyclic amines) is 1. The summed E-state index contributed by atoms with van der Waals surface area (Å²) in [6.07, 6.45) is 12.5. The number of nitrogens with one attached hydrogen (secondary N) is 1. The number of carbonyl (C=O) groups is 3. The number of aromatic nitrogens is 4. The van der Waals surface area contributed by atoms with Gasteiger partial charge in [-0.2, -0.15) is 5.10 Å². The Labute approximate surface area is 287 Å². The highest BCUT2D eigenvalue weighted by atomic mass is 79.9. The summed E-state index contributed by atoms with van der Waals surface area (Å²) in [6.45, 7) is 11.6. The molecule has 1 unspecified atom stereocenters. The molecule has 1 aromatic carbocycles. The molecule has 13 heteroatoms. The molecule has 1 saturated carbocycles. The summed E-state index contributed by atoms with van der Waals surface area (Å²) in [5.74, 6) is -0.0997. The molecule has 2 aliphatic heterocycles. The molecule has 2 aromatic heterocycles. The number of aliphatic imine (C=N–C) groups is 1. The highest BCUT2D eigenvalue weighted by molar-refractivity contribution is 9.18. The van der Waals surface area contributed by atoms with E-state index in [1.165, 1.54) is 6.92 Å². The van der Waals surface area contributed by atoms with Crippen LogP contribution in [0.1, 0.15) is 48.1 Å². The van der Waals surface area contributed by atoms with Gasteiger partial charge in [0.15, 0.2) is 12.1 Å². The van der Waals surface area contributed by atoms with Crippen molar-refractivity contribution in [3.05, 3.63) is 79.2 Å². The average molecular weight is 716 g/mol. The Kier molecular flexibility index (Phi) is 9.44. The summed E-state index contributed by atoms with van der Waals surface area (Å²) < 4.78 is 8.09. The van der Waals surface area contributed by atoms with Gasteiger partial charge in [0.2, 0.25) is 11.8 Å². The molecule has 4 atom stereocenters. The number of carbonyl (C=O) groups excluding carboxylic acids is 3. The lowest BCUT2D eigenvalue weighted by Gasteiger charge is -2.31. The average Bonchev–Trinajstić information content (AvgIpc) is 3.46. The molecule has 0 bridgehead atoms. The number of Topliss-reactive ketones (excluding diaryl/α,β-unsaturated/α-hetero) is 1. The number of rotatable bonds is 13. The fourth-order valence-electron chi connectivity index (χ4n) is 6.78. The molecule has 1 N–H and O–H groups in total. The van der Waals surface area contributed by atoms with Crippen LogP contribution in [-0.4, -0.2) is 90.4 Å². The third-order valence-electron chi connectivity index (χ3n) is 9.26. The summed E-state index contributed by atoms with van der Waals surface area (Å²) in [6, 6.07) is 3.07. The van der Waals surface area contributed by atoms with Crippen molar-refractivity contribution in [2.75, 3.05) is 20.3 Å². The number of hydrogen-bond donors (Lipinski definition) is 1. The molecule has 0 spiro atoms. The zero-order valence-electron chi connectivity index (χ0n) is 27.4. The number of hydrogen-bond acceptors (Lipinski definition) is 9. The van der Waals surface area contributed by atoms with Gasteiger partial charge in [-0.3, -0.25) is 19.1 Å². The largest absolute Gasteiger partial charge is 0.377 e. The molecule has 12 nitrogen and oxygen atoms in total. The van der Waals surface area contributed by atoms with Crippen molar-refractivity contribution in [1.29, 1.82) is 0 Å². The zero-order chi connectivity index (χ0) is 34.2. The Morgan fingerprint density at radius 3 is 2.62 bits per heavy atom. The van der Waals surface area contributed by atoms with Crippen LogP contribution in [-0.2, 0) is 27.3 Å². The van der Waals surface area contributed by atoms with Gasteiger partial charge in [-0.15, -0.1) is 13.2 Å². The van der Waals surface area contributed by atoms with E-state index in [0.717, 1.165) is 23.1 Å². The SMILES string of the molecule is C=CCCc1cc(-c2cnc(C)nc2)cc2c(C(C)=O)nn(CC(=O)N3[C@H](C(=O)NC4N=C(Br)C=CN4C)C[C@@]4(COCC=C)C[C@@H]34)c12. The third-order valence-corrected chi connectivity index (χ3v) is 9.73. The zero-order valence-corrected chi connectivity index (χ0v) is 28.9. The minimum atomic E-state index is -0.723. The van der Waals surface area contributed by atoms with Crippen molar-refractivity contribution < 1.29 is 19.1 Å². The molecule has 4 heterocycles. The highest BCUT2D eigenvalue weighted by Crippen LogP contribution is 2.59. The second-order valence-electron chi connectivity index (χ2n) is 12.7. The Balaban J connectivity index is 1.35. The Morgan fingerprint density at radius 1 is 1.15 bits per heavy atom. The molecular weight excluding hydrogens is 676 g/mol. The smallest absolute Gasteiger partial charge is 0.245 e. The standard InChI is InChI=1S/C35H39BrN8O4/c1-6-8-9-23-13-24(25-17-37-22(4)38-18-25)14-26-31(21(3)45)41-43(32(23)26)19-30(46)44-27(15-35(16-28(35)44)20-48-12-7-2)33(47)40-34-39-29(36)10-11-42(34)5/h6-7,10-11,13-14,17-18,27-28,34H,1-2,8-9,12,15-16,19-20H2,3-5H3,(H,40,47)/t27-,28+,34?,35-/m0/s1. The van der Waals surface area contributed by atoms with Gasteiger partial charge in [-0.1, -0.05) is 12.2 Å². The van der Waals surface area contributed by atoms with Crippen molar-refractivity contribution in [3.63, 3.8) is 0 Å². The van der Waals surface area contributed by atoms with Crippen LogP contribution < -0.4 is 5.32 Å². The van der Waals surface area contributed by atoms with Crippen LogP contribution in [0, 0.1) is 12.3 Å². The summed E-state index contributed by atoms with van der Waals surface area (Å²) >= 11 is 3.39. The van der Waals surface area contributed by atoms with E-state index >= 15 is 0 Å². The molecule has 1 aliphatic carbocycles. The van der Waals surface area contributed by atoms with E-state index in [1.54, 1.807) is 39.0 Å². The van der Waals surface area contributed by atoms with Crippen molar-refractivity contribution in [2.45, 2.75) is 64.4 Å². The van der Waals surface area contributed by atoms with Gasteiger partial charge >= 0.3 is 0 Å². The topological polar surface area (TPSA) is 135 Å². The minimum absolute atomic E-state index is 0.141. The van der Waals surface area contributed by atoms with Crippen molar-refractivity contribution in [1.82, 2.24) is 34.9 Å². The van der Waals surface area contributed by atoms with Gasteiger partial charge in [0.25, 0.3) is 0 Å². The first-order valence-electron chi connectivity index (χ1n) is 15.9. The first-order chi connectivity index (χ1) is 23.0. The molecule has 250 valence electrons. The van der Waals surface area contributed by atoms with E-state index in [2.05, 4.69) is 49.4 Å². The highest BCUT2D eigenvalue weighted by Gasteiger charge is 2.67. The van der Waals surface area contributed by atoms with Crippen LogP contribution in [0.25, 0.3) is 22.0 Å². The van der Waals surface area contributed by atoms with Gasteiger partial charge in [-0.05, 0) is 77.9 Å².